The van der Waals surface area contributed by atoms with Crippen LogP contribution in [0.4, 0.5) is 5.69 Å². The lowest BCUT2D eigenvalue weighted by Crippen LogP contribution is -3.15. The molecule has 0 aliphatic carbocycles. The number of ether oxygens (including phenoxy) is 1. The van der Waals surface area contributed by atoms with Crippen LogP contribution in [-0.2, 0) is 9.59 Å². The quantitative estimate of drug-likeness (QED) is 0.723. The predicted octanol–water partition coefficient (Wildman–Crippen LogP) is 1.78. The van der Waals surface area contributed by atoms with Crippen LogP contribution in [0.1, 0.15) is 12.0 Å². The van der Waals surface area contributed by atoms with E-state index in [1.165, 1.54) is 0 Å². The average Bonchev–Trinajstić information content (AvgIpc) is 2.70. The molecule has 2 amide bonds. The number of carbonyl (C=O) groups is 2. The van der Waals surface area contributed by atoms with Gasteiger partial charge in [0, 0.05) is 0 Å². The van der Waals surface area contributed by atoms with E-state index in [4.69, 9.17) is 16.3 Å². The Morgan fingerprint density at radius 3 is 2.62 bits per heavy atom. The monoisotopic (exact) mass is 416 g/mol. The molecule has 1 aliphatic rings. The van der Waals surface area contributed by atoms with Gasteiger partial charge in [-0.3, -0.25) is 9.59 Å². The number of hydrogen-bond acceptors (Lipinski definition) is 3. The van der Waals surface area contributed by atoms with Crippen molar-refractivity contribution in [1.82, 2.24) is 4.90 Å². The van der Waals surface area contributed by atoms with E-state index in [1.807, 2.05) is 48.2 Å². The van der Waals surface area contributed by atoms with Crippen molar-refractivity contribution in [1.29, 1.82) is 0 Å². The lowest BCUT2D eigenvalue weighted by Gasteiger charge is -2.32. The molecule has 0 aromatic heterocycles. The predicted molar refractivity (Wildman–Crippen MR) is 114 cm³/mol. The van der Waals surface area contributed by atoms with E-state index >= 15 is 0 Å². The lowest BCUT2D eigenvalue weighted by atomic mass is 10.2. The smallest absolute Gasteiger partial charge is 0.279 e. The maximum atomic E-state index is 12.4. The fourth-order valence-corrected chi connectivity index (χ4v) is 3.54. The standard InChI is InChI=1S/C22H26ClN3O3/c1-17-5-4-6-18(15-17)29-14-9-22(28)26-12-10-25(11-13-26)16-21(27)24-20-8-3-2-7-19(20)23/h2-8,15H,9-14,16H2,1H3,(H,24,27)/p+1. The molecule has 1 saturated heterocycles. The van der Waals surface area contributed by atoms with E-state index in [0.717, 1.165) is 29.3 Å². The molecule has 7 heteroatoms. The number of amides is 2. The molecule has 1 fully saturated rings. The zero-order valence-electron chi connectivity index (χ0n) is 16.6. The highest BCUT2D eigenvalue weighted by molar-refractivity contribution is 6.33. The summed E-state index contributed by atoms with van der Waals surface area (Å²) >= 11 is 6.08. The normalized spacial score (nSPS) is 14.5. The van der Waals surface area contributed by atoms with E-state index in [0.29, 0.717) is 43.4 Å². The third-order valence-corrected chi connectivity index (χ3v) is 5.29. The van der Waals surface area contributed by atoms with Crippen molar-refractivity contribution in [3.05, 3.63) is 59.1 Å². The molecule has 1 heterocycles. The summed E-state index contributed by atoms with van der Waals surface area (Å²) in [6.45, 7) is 5.55. The molecule has 0 saturated carbocycles. The van der Waals surface area contributed by atoms with Gasteiger partial charge in [0.15, 0.2) is 6.54 Å². The maximum Gasteiger partial charge on any atom is 0.279 e. The number of piperazine rings is 1. The Labute approximate surface area is 176 Å². The van der Waals surface area contributed by atoms with Crippen LogP contribution < -0.4 is 15.0 Å². The van der Waals surface area contributed by atoms with Crippen LogP contribution in [0.5, 0.6) is 5.75 Å². The van der Waals surface area contributed by atoms with Crippen LogP contribution in [0, 0.1) is 6.92 Å². The van der Waals surface area contributed by atoms with Crippen molar-refractivity contribution >= 4 is 29.1 Å². The first-order valence-electron chi connectivity index (χ1n) is 9.86. The van der Waals surface area contributed by atoms with Gasteiger partial charge in [-0.1, -0.05) is 35.9 Å². The summed E-state index contributed by atoms with van der Waals surface area (Å²) in [7, 11) is 0. The van der Waals surface area contributed by atoms with E-state index in [2.05, 4.69) is 5.32 Å². The Morgan fingerprint density at radius 2 is 1.90 bits per heavy atom. The SMILES string of the molecule is Cc1cccc(OCCC(=O)N2CC[NH+](CC(=O)Nc3ccccc3Cl)CC2)c1. The highest BCUT2D eigenvalue weighted by Crippen LogP contribution is 2.20. The Morgan fingerprint density at radius 1 is 1.14 bits per heavy atom. The summed E-state index contributed by atoms with van der Waals surface area (Å²) in [6, 6.07) is 15.0. The molecule has 29 heavy (non-hydrogen) atoms. The molecule has 0 spiro atoms. The Kier molecular flexibility index (Phi) is 7.49. The summed E-state index contributed by atoms with van der Waals surface area (Å²) in [5.41, 5.74) is 1.76. The molecule has 1 aliphatic heterocycles. The fourth-order valence-electron chi connectivity index (χ4n) is 3.35. The largest absolute Gasteiger partial charge is 0.493 e. The summed E-state index contributed by atoms with van der Waals surface area (Å²) < 4.78 is 5.67. The lowest BCUT2D eigenvalue weighted by molar-refractivity contribution is -0.895. The van der Waals surface area contributed by atoms with Gasteiger partial charge in [0.05, 0.1) is 49.9 Å². The Hall–Kier alpha value is -2.57. The molecule has 6 nitrogen and oxygen atoms in total. The zero-order chi connectivity index (χ0) is 20.6. The second kappa shape index (κ2) is 10.3. The molecule has 0 radical (unpaired) electrons. The van der Waals surface area contributed by atoms with Gasteiger partial charge in [0.25, 0.3) is 5.91 Å². The summed E-state index contributed by atoms with van der Waals surface area (Å²) in [6.07, 6.45) is 0.357. The summed E-state index contributed by atoms with van der Waals surface area (Å²) in [5.74, 6) is 0.813. The van der Waals surface area contributed by atoms with Crippen LogP contribution in [0.15, 0.2) is 48.5 Å². The van der Waals surface area contributed by atoms with Crippen LogP contribution in [0.3, 0.4) is 0 Å². The number of hydrogen-bond donors (Lipinski definition) is 2. The second-order valence-electron chi connectivity index (χ2n) is 7.25. The number of quaternary nitrogens is 1. The number of anilines is 1. The molecule has 3 rings (SSSR count). The molecule has 2 aromatic carbocycles. The minimum atomic E-state index is -0.0700. The van der Waals surface area contributed by atoms with Crippen molar-refractivity contribution < 1.29 is 19.2 Å². The van der Waals surface area contributed by atoms with Gasteiger partial charge in [0.1, 0.15) is 5.75 Å². The summed E-state index contributed by atoms with van der Waals surface area (Å²) in [5, 5.41) is 3.38. The highest BCUT2D eigenvalue weighted by Gasteiger charge is 2.25. The first kappa shape index (κ1) is 21.1. The van der Waals surface area contributed by atoms with Gasteiger partial charge in [0.2, 0.25) is 5.91 Å². The Bertz CT molecular complexity index is 851. The number of aryl methyl sites for hydroxylation is 1. The van der Waals surface area contributed by atoms with Crippen molar-refractivity contribution in [2.24, 2.45) is 0 Å². The van der Waals surface area contributed by atoms with Crippen LogP contribution in [-0.4, -0.2) is 56.0 Å². The van der Waals surface area contributed by atoms with Gasteiger partial charge in [-0.2, -0.15) is 0 Å². The third-order valence-electron chi connectivity index (χ3n) is 4.96. The number of nitrogens with zero attached hydrogens (tertiary/aromatic N) is 1. The van der Waals surface area contributed by atoms with E-state index in [-0.39, 0.29) is 11.8 Å². The van der Waals surface area contributed by atoms with E-state index in [1.54, 1.807) is 12.1 Å². The number of halogens is 1. The zero-order valence-corrected chi connectivity index (χ0v) is 17.4. The van der Waals surface area contributed by atoms with Crippen molar-refractivity contribution in [2.75, 3.05) is 44.6 Å². The van der Waals surface area contributed by atoms with Gasteiger partial charge in [-0.25, -0.2) is 0 Å². The van der Waals surface area contributed by atoms with Crippen molar-refractivity contribution in [3.8, 4) is 5.75 Å². The third kappa shape index (κ3) is 6.48. The van der Waals surface area contributed by atoms with Crippen LogP contribution >= 0.6 is 11.6 Å². The van der Waals surface area contributed by atoms with Gasteiger partial charge in [-0.05, 0) is 36.8 Å². The highest BCUT2D eigenvalue weighted by atomic mass is 35.5. The van der Waals surface area contributed by atoms with Crippen molar-refractivity contribution in [3.63, 3.8) is 0 Å². The second-order valence-corrected chi connectivity index (χ2v) is 7.66. The first-order valence-corrected chi connectivity index (χ1v) is 10.2. The molecule has 0 atom stereocenters. The first-order chi connectivity index (χ1) is 14.0. The molecular formula is C22H27ClN3O3+. The van der Waals surface area contributed by atoms with E-state index < -0.39 is 0 Å². The number of rotatable bonds is 7. The minimum absolute atomic E-state index is 0.0700. The van der Waals surface area contributed by atoms with Gasteiger partial charge < -0.3 is 19.9 Å². The van der Waals surface area contributed by atoms with Crippen molar-refractivity contribution in [2.45, 2.75) is 13.3 Å². The Balaban J connectivity index is 1.36. The molecule has 154 valence electrons. The van der Waals surface area contributed by atoms with E-state index in [9.17, 15) is 9.59 Å². The number of para-hydroxylation sites is 1. The number of nitrogens with one attached hydrogen (secondary N) is 2. The topological polar surface area (TPSA) is 63.1 Å². The van der Waals surface area contributed by atoms with Gasteiger partial charge >= 0.3 is 0 Å². The molecular weight excluding hydrogens is 390 g/mol. The van der Waals surface area contributed by atoms with Gasteiger partial charge in [-0.15, -0.1) is 0 Å². The number of carbonyl (C=O) groups excluding carboxylic acids is 2. The minimum Gasteiger partial charge on any atom is -0.493 e. The summed E-state index contributed by atoms with van der Waals surface area (Å²) in [4.78, 5) is 27.7. The molecule has 0 unspecified atom stereocenters. The molecule has 2 N–H and O–H groups in total. The van der Waals surface area contributed by atoms with Crippen LogP contribution in [0.25, 0.3) is 0 Å². The molecule has 2 aromatic rings. The van der Waals surface area contributed by atoms with Crippen LogP contribution in [0.2, 0.25) is 5.02 Å². The average molecular weight is 417 g/mol. The molecule has 0 bridgehead atoms. The maximum absolute atomic E-state index is 12.4. The fraction of sp³-hybridized carbons (Fsp3) is 0.364. The number of benzene rings is 2.